The summed E-state index contributed by atoms with van der Waals surface area (Å²) < 4.78 is 5.74. The Balaban J connectivity index is 1.97. The van der Waals surface area contributed by atoms with Gasteiger partial charge in [-0.1, -0.05) is 26.0 Å². The van der Waals surface area contributed by atoms with Gasteiger partial charge in [0.1, 0.15) is 25.0 Å². The summed E-state index contributed by atoms with van der Waals surface area (Å²) >= 11 is 0. The molecule has 1 aromatic rings. The van der Waals surface area contributed by atoms with Gasteiger partial charge in [-0.25, -0.2) is 4.79 Å². The lowest BCUT2D eigenvalue weighted by atomic mass is 10.0. The van der Waals surface area contributed by atoms with Crippen LogP contribution in [-0.4, -0.2) is 59.7 Å². The smallest absolute Gasteiger partial charge is 0.327 e. The highest BCUT2D eigenvalue weighted by Gasteiger charge is 2.34. The number of likely N-dealkylation sites (N-methyl/N-ethyl adjacent to an activating group) is 1. The number of rotatable bonds is 6. The van der Waals surface area contributed by atoms with Gasteiger partial charge in [0.2, 0.25) is 5.91 Å². The molecule has 1 unspecified atom stereocenters. The number of carbonyl (C=O) groups is 2. The van der Waals surface area contributed by atoms with E-state index in [1.165, 1.54) is 4.90 Å². The molecule has 126 valence electrons. The maximum absolute atomic E-state index is 11.8. The molecule has 1 atom stereocenters. The summed E-state index contributed by atoms with van der Waals surface area (Å²) in [5.41, 5.74) is 2.14. The van der Waals surface area contributed by atoms with Crippen LogP contribution >= 0.6 is 0 Å². The molecule has 1 aliphatic heterocycles. The van der Waals surface area contributed by atoms with Crippen LogP contribution in [0.15, 0.2) is 18.2 Å². The summed E-state index contributed by atoms with van der Waals surface area (Å²) in [6.07, 6.45) is -0.921. The first-order chi connectivity index (χ1) is 10.8. The Kier molecular flexibility index (Phi) is 5.26. The van der Waals surface area contributed by atoms with Gasteiger partial charge in [-0.15, -0.1) is 0 Å². The van der Waals surface area contributed by atoms with Crippen molar-refractivity contribution >= 4 is 11.9 Å². The number of hydrogen-bond donors (Lipinski definition) is 1. The van der Waals surface area contributed by atoms with Gasteiger partial charge in [-0.3, -0.25) is 9.69 Å². The molecule has 0 spiro atoms. The molecule has 1 fully saturated rings. The third kappa shape index (κ3) is 4.01. The summed E-state index contributed by atoms with van der Waals surface area (Å²) in [6.45, 7) is 6.16. The fourth-order valence-corrected chi connectivity index (χ4v) is 2.54. The molecule has 0 radical (unpaired) electrons. The molecule has 6 heteroatoms. The zero-order valence-corrected chi connectivity index (χ0v) is 14.1. The molecule has 1 N–H and O–H groups in total. The number of hydrogen-bond acceptors (Lipinski definition) is 4. The lowest BCUT2D eigenvalue weighted by molar-refractivity contribution is -0.126. The summed E-state index contributed by atoms with van der Waals surface area (Å²) in [6, 6.07) is 5.59. The summed E-state index contributed by atoms with van der Waals surface area (Å²) in [4.78, 5) is 25.9. The Morgan fingerprint density at radius 1 is 1.30 bits per heavy atom. The minimum atomic E-state index is -0.921. The zero-order chi connectivity index (χ0) is 17.1. The van der Waals surface area contributed by atoms with Gasteiger partial charge in [0.05, 0.1) is 6.54 Å². The van der Waals surface area contributed by atoms with E-state index in [1.54, 1.807) is 7.05 Å². The van der Waals surface area contributed by atoms with Crippen molar-refractivity contribution in [1.29, 1.82) is 0 Å². The molecule has 6 nitrogen and oxygen atoms in total. The fraction of sp³-hybridized carbons (Fsp3) is 0.529. The molecule has 23 heavy (non-hydrogen) atoms. The van der Waals surface area contributed by atoms with E-state index < -0.39 is 6.10 Å². The van der Waals surface area contributed by atoms with E-state index in [-0.39, 0.29) is 31.6 Å². The molecule has 0 aromatic heterocycles. The summed E-state index contributed by atoms with van der Waals surface area (Å²) in [5.74, 6) is 0.739. The highest BCUT2D eigenvalue weighted by atomic mass is 16.5. The Morgan fingerprint density at radius 3 is 2.57 bits per heavy atom. The maximum atomic E-state index is 11.8. The normalized spacial score (nSPS) is 16.4. The number of ether oxygens (including phenoxy) is 1. The summed E-state index contributed by atoms with van der Waals surface area (Å²) in [5, 5.41) is 10.1. The molecular weight excluding hydrogens is 296 g/mol. The number of aryl methyl sites for hydroxylation is 1. The van der Waals surface area contributed by atoms with Gasteiger partial charge in [0, 0.05) is 7.05 Å². The maximum Gasteiger partial charge on any atom is 0.327 e. The predicted octanol–water partition coefficient (Wildman–Crippen LogP) is 1.75. The zero-order valence-electron chi connectivity index (χ0n) is 14.1. The van der Waals surface area contributed by atoms with Crippen LogP contribution < -0.4 is 4.74 Å². The van der Waals surface area contributed by atoms with E-state index in [0.29, 0.717) is 5.92 Å². The van der Waals surface area contributed by atoms with Crippen molar-refractivity contribution in [1.82, 2.24) is 9.80 Å². The van der Waals surface area contributed by atoms with Gasteiger partial charge in [0.25, 0.3) is 0 Å². The largest absolute Gasteiger partial charge is 0.491 e. The first-order valence-electron chi connectivity index (χ1n) is 7.76. The Hall–Kier alpha value is -2.08. The Bertz CT molecular complexity index is 600. The Labute approximate surface area is 136 Å². The molecule has 1 saturated heterocycles. The number of aliphatic hydroxyl groups is 1. The van der Waals surface area contributed by atoms with Gasteiger partial charge in [-0.2, -0.15) is 0 Å². The predicted molar refractivity (Wildman–Crippen MR) is 86.5 cm³/mol. The third-order valence-electron chi connectivity index (χ3n) is 3.85. The minimum absolute atomic E-state index is 0.0317. The van der Waals surface area contributed by atoms with Crippen molar-refractivity contribution in [2.45, 2.75) is 32.8 Å². The van der Waals surface area contributed by atoms with Crippen molar-refractivity contribution in [2.75, 3.05) is 26.7 Å². The first kappa shape index (κ1) is 17.3. The van der Waals surface area contributed by atoms with E-state index in [0.717, 1.165) is 21.8 Å². The molecule has 2 rings (SSSR count). The number of β-amino-alcohol motifs (C(OH)–C–C–N with tert-alkyl or cyclic N) is 1. The van der Waals surface area contributed by atoms with Gasteiger partial charge in [-0.05, 0) is 30.0 Å². The van der Waals surface area contributed by atoms with Crippen LogP contribution in [0.4, 0.5) is 4.79 Å². The monoisotopic (exact) mass is 320 g/mol. The Morgan fingerprint density at radius 2 is 2.00 bits per heavy atom. The number of benzene rings is 1. The highest BCUT2D eigenvalue weighted by Crippen LogP contribution is 2.27. The molecule has 0 saturated carbocycles. The highest BCUT2D eigenvalue weighted by molar-refractivity contribution is 6.01. The van der Waals surface area contributed by atoms with E-state index in [9.17, 15) is 14.7 Å². The molecule has 3 amide bonds. The van der Waals surface area contributed by atoms with Crippen LogP contribution in [-0.2, 0) is 4.79 Å². The second-order valence-electron chi connectivity index (χ2n) is 6.30. The number of amides is 3. The van der Waals surface area contributed by atoms with E-state index >= 15 is 0 Å². The molecule has 0 bridgehead atoms. The number of nitrogens with zero attached hydrogens (tertiary/aromatic N) is 2. The van der Waals surface area contributed by atoms with Crippen LogP contribution in [0, 0.1) is 6.92 Å². The van der Waals surface area contributed by atoms with Crippen LogP contribution in [0.2, 0.25) is 0 Å². The van der Waals surface area contributed by atoms with Gasteiger partial charge in [0.15, 0.2) is 0 Å². The number of aliphatic hydroxyl groups excluding tert-OH is 1. The van der Waals surface area contributed by atoms with Crippen LogP contribution in [0.5, 0.6) is 5.75 Å². The van der Waals surface area contributed by atoms with Crippen LogP contribution in [0.25, 0.3) is 0 Å². The molecular formula is C17H24N2O4. The minimum Gasteiger partial charge on any atom is -0.491 e. The molecule has 1 heterocycles. The topological polar surface area (TPSA) is 70.1 Å². The first-order valence-corrected chi connectivity index (χ1v) is 7.76. The quantitative estimate of drug-likeness (QED) is 0.811. The van der Waals surface area contributed by atoms with Crippen molar-refractivity contribution in [2.24, 2.45) is 0 Å². The van der Waals surface area contributed by atoms with Gasteiger partial charge >= 0.3 is 6.03 Å². The second-order valence-corrected chi connectivity index (χ2v) is 6.30. The molecule has 1 aromatic carbocycles. The van der Waals surface area contributed by atoms with Crippen LogP contribution in [0.3, 0.4) is 0 Å². The van der Waals surface area contributed by atoms with Gasteiger partial charge < -0.3 is 14.7 Å². The lowest BCUT2D eigenvalue weighted by Gasteiger charge is -2.20. The van der Waals surface area contributed by atoms with Crippen molar-refractivity contribution in [3.05, 3.63) is 29.3 Å². The average Bonchev–Trinajstić information content (AvgIpc) is 2.71. The van der Waals surface area contributed by atoms with Crippen molar-refractivity contribution in [3.8, 4) is 5.75 Å². The average molecular weight is 320 g/mol. The number of urea groups is 1. The van der Waals surface area contributed by atoms with Crippen LogP contribution in [0.1, 0.15) is 30.9 Å². The standard InChI is InChI=1S/C17H24N2O4/c1-11(2)14-6-5-12(3)7-15(14)23-10-13(20)8-19-16(21)9-18(4)17(19)22/h5-7,11,13,20H,8-10H2,1-4H3. The second kappa shape index (κ2) is 7.00. The number of carbonyl (C=O) groups excluding carboxylic acids is 2. The van der Waals surface area contributed by atoms with E-state index in [2.05, 4.69) is 13.8 Å². The van der Waals surface area contributed by atoms with E-state index in [1.807, 2.05) is 25.1 Å². The third-order valence-corrected chi connectivity index (χ3v) is 3.85. The fourth-order valence-electron chi connectivity index (χ4n) is 2.54. The van der Waals surface area contributed by atoms with E-state index in [4.69, 9.17) is 4.74 Å². The summed E-state index contributed by atoms with van der Waals surface area (Å²) in [7, 11) is 1.56. The van der Waals surface area contributed by atoms with Crippen molar-refractivity contribution in [3.63, 3.8) is 0 Å². The lowest BCUT2D eigenvalue weighted by Crippen LogP contribution is -2.40. The van der Waals surface area contributed by atoms with Crippen molar-refractivity contribution < 1.29 is 19.4 Å². The SMILES string of the molecule is Cc1ccc(C(C)C)c(OCC(O)CN2C(=O)CN(C)C2=O)c1. The molecule has 1 aliphatic rings. The number of imide groups is 1. The molecule has 0 aliphatic carbocycles.